The van der Waals surface area contributed by atoms with Crippen molar-refractivity contribution in [1.82, 2.24) is 0 Å². The topological polar surface area (TPSA) is 39.4 Å². The van der Waals surface area contributed by atoms with Gasteiger partial charge in [0.25, 0.3) is 0 Å². The Morgan fingerprint density at radius 3 is 2.76 bits per heavy atom. The lowest BCUT2D eigenvalue weighted by Gasteiger charge is -2.02. The van der Waals surface area contributed by atoms with Crippen LogP contribution in [0, 0.1) is 0 Å². The Labute approximate surface area is 151 Å². The molecule has 0 fully saturated rings. The van der Waals surface area contributed by atoms with Crippen molar-refractivity contribution in [2.24, 2.45) is 0 Å². The number of furan rings is 1. The van der Waals surface area contributed by atoms with Gasteiger partial charge in [0.2, 0.25) is 0 Å². The fourth-order valence-electron chi connectivity index (χ4n) is 2.36. The predicted molar refractivity (Wildman–Crippen MR) is 101 cm³/mol. The first kappa shape index (κ1) is 17.2. The van der Waals surface area contributed by atoms with Gasteiger partial charge in [-0.05, 0) is 55.0 Å². The summed E-state index contributed by atoms with van der Waals surface area (Å²) in [6.07, 6.45) is 5.37. The van der Waals surface area contributed by atoms with Crippen LogP contribution in [0.4, 0.5) is 0 Å². The van der Waals surface area contributed by atoms with E-state index in [4.69, 9.17) is 9.15 Å². The molecule has 25 heavy (non-hydrogen) atoms. The molecule has 4 heteroatoms. The molecule has 0 saturated carbocycles. The number of ketones is 1. The van der Waals surface area contributed by atoms with Crippen molar-refractivity contribution in [1.29, 1.82) is 0 Å². The van der Waals surface area contributed by atoms with Crippen LogP contribution in [0.2, 0.25) is 0 Å². The third kappa shape index (κ3) is 4.94. The quantitative estimate of drug-likeness (QED) is 0.382. The average Bonchev–Trinajstić information content (AvgIpc) is 3.29. The van der Waals surface area contributed by atoms with Crippen molar-refractivity contribution in [3.05, 3.63) is 81.9 Å². The van der Waals surface area contributed by atoms with Gasteiger partial charge in [-0.3, -0.25) is 4.79 Å². The summed E-state index contributed by atoms with van der Waals surface area (Å²) < 4.78 is 11.3. The highest BCUT2D eigenvalue weighted by Crippen LogP contribution is 2.20. The van der Waals surface area contributed by atoms with Crippen LogP contribution in [0.5, 0.6) is 5.75 Å². The molecule has 2 aromatic heterocycles. The van der Waals surface area contributed by atoms with Gasteiger partial charge in [0.1, 0.15) is 23.9 Å². The second kappa shape index (κ2) is 8.49. The fraction of sp³-hybridized carbons (Fsp3) is 0.190. The van der Waals surface area contributed by atoms with Gasteiger partial charge < -0.3 is 9.15 Å². The third-order valence-corrected chi connectivity index (χ3v) is 4.77. The molecule has 0 aliphatic heterocycles. The zero-order valence-electron chi connectivity index (χ0n) is 14.1. The summed E-state index contributed by atoms with van der Waals surface area (Å²) in [6, 6.07) is 17.2. The zero-order chi connectivity index (χ0) is 17.5. The number of aryl methyl sites for hydroxylation is 1. The largest absolute Gasteiger partial charge is 0.486 e. The van der Waals surface area contributed by atoms with Crippen LogP contribution in [-0.4, -0.2) is 5.78 Å². The fourth-order valence-corrected chi connectivity index (χ4v) is 3.39. The molecule has 0 amide bonds. The molecule has 0 radical (unpaired) electrons. The lowest BCUT2D eigenvalue weighted by Crippen LogP contribution is -1.92. The van der Waals surface area contributed by atoms with Gasteiger partial charge in [0, 0.05) is 4.88 Å². The molecule has 2 heterocycles. The molecule has 0 aliphatic carbocycles. The van der Waals surface area contributed by atoms with Crippen molar-refractivity contribution < 1.29 is 13.9 Å². The molecule has 0 spiro atoms. The molecular weight excluding hydrogens is 332 g/mol. The summed E-state index contributed by atoms with van der Waals surface area (Å²) in [5, 5.41) is 0. The molecular formula is C21H20O3S. The van der Waals surface area contributed by atoms with Crippen LogP contribution in [0.15, 0.2) is 65.1 Å². The number of allylic oxidation sites excluding steroid dienone is 1. The highest BCUT2D eigenvalue weighted by Gasteiger charge is 2.07. The van der Waals surface area contributed by atoms with E-state index in [2.05, 4.69) is 6.92 Å². The van der Waals surface area contributed by atoms with E-state index in [9.17, 15) is 4.79 Å². The smallest absolute Gasteiger partial charge is 0.195 e. The van der Waals surface area contributed by atoms with E-state index >= 15 is 0 Å². The van der Waals surface area contributed by atoms with Crippen molar-refractivity contribution in [2.45, 2.75) is 26.4 Å². The molecule has 3 aromatic rings. The predicted octanol–water partition coefficient (Wildman–Crippen LogP) is 5.77. The maximum Gasteiger partial charge on any atom is 0.195 e. The van der Waals surface area contributed by atoms with Gasteiger partial charge in [0.15, 0.2) is 5.78 Å². The summed E-state index contributed by atoms with van der Waals surface area (Å²) in [5.41, 5.74) is 0. The number of carbonyl (C=O) groups is 1. The van der Waals surface area contributed by atoms with Crippen molar-refractivity contribution in [3.63, 3.8) is 0 Å². The Bertz CT molecular complexity index is 843. The van der Waals surface area contributed by atoms with Gasteiger partial charge >= 0.3 is 0 Å². The van der Waals surface area contributed by atoms with Crippen LogP contribution in [0.25, 0.3) is 6.08 Å². The molecule has 1 aromatic carbocycles. The second-order valence-electron chi connectivity index (χ2n) is 5.62. The zero-order valence-corrected chi connectivity index (χ0v) is 14.9. The maximum atomic E-state index is 12.2. The second-order valence-corrected chi connectivity index (χ2v) is 6.79. The van der Waals surface area contributed by atoms with Gasteiger partial charge in [-0.2, -0.15) is 0 Å². The minimum absolute atomic E-state index is 0.00541. The highest BCUT2D eigenvalue weighted by molar-refractivity contribution is 7.14. The first-order chi connectivity index (χ1) is 12.2. The lowest BCUT2D eigenvalue weighted by molar-refractivity contribution is 0.105. The number of para-hydroxylation sites is 1. The van der Waals surface area contributed by atoms with Crippen LogP contribution < -0.4 is 4.74 Å². The van der Waals surface area contributed by atoms with E-state index in [1.54, 1.807) is 23.5 Å². The molecule has 0 bridgehead atoms. The molecule has 0 saturated heterocycles. The van der Waals surface area contributed by atoms with E-state index < -0.39 is 0 Å². The SMILES string of the molecule is CCCc1ccc(C(=O)/C=C/c2ccc(COc3ccccc3)o2)s1. The summed E-state index contributed by atoms with van der Waals surface area (Å²) in [7, 11) is 0. The number of ether oxygens (including phenoxy) is 1. The Morgan fingerprint density at radius 2 is 1.96 bits per heavy atom. The molecule has 0 aliphatic rings. The Kier molecular flexibility index (Phi) is 5.86. The molecule has 0 N–H and O–H groups in total. The van der Waals surface area contributed by atoms with E-state index in [0.29, 0.717) is 12.4 Å². The number of benzene rings is 1. The number of carbonyl (C=O) groups excluding carboxylic acids is 1. The summed E-state index contributed by atoms with van der Waals surface area (Å²) >= 11 is 1.56. The maximum absolute atomic E-state index is 12.2. The molecule has 0 atom stereocenters. The monoisotopic (exact) mass is 352 g/mol. The summed E-state index contributed by atoms with van der Waals surface area (Å²) in [5.74, 6) is 2.17. The molecule has 0 unspecified atom stereocenters. The minimum atomic E-state index is 0.00541. The molecule has 3 rings (SSSR count). The van der Waals surface area contributed by atoms with Crippen LogP contribution in [0.3, 0.4) is 0 Å². The normalized spacial score (nSPS) is 11.1. The van der Waals surface area contributed by atoms with Crippen molar-refractivity contribution in [2.75, 3.05) is 0 Å². The van der Waals surface area contributed by atoms with Crippen molar-refractivity contribution in [3.8, 4) is 5.75 Å². The van der Waals surface area contributed by atoms with E-state index in [0.717, 1.165) is 29.2 Å². The lowest BCUT2D eigenvalue weighted by atomic mass is 10.2. The van der Waals surface area contributed by atoms with Crippen LogP contribution >= 0.6 is 11.3 Å². The van der Waals surface area contributed by atoms with E-state index in [1.165, 1.54) is 4.88 Å². The van der Waals surface area contributed by atoms with Crippen LogP contribution in [-0.2, 0) is 13.0 Å². The van der Waals surface area contributed by atoms with E-state index in [1.807, 2.05) is 54.6 Å². The Hall–Kier alpha value is -2.59. The van der Waals surface area contributed by atoms with Gasteiger partial charge in [0.05, 0.1) is 4.88 Å². The van der Waals surface area contributed by atoms with Gasteiger partial charge in [-0.15, -0.1) is 11.3 Å². The number of hydrogen-bond acceptors (Lipinski definition) is 4. The number of thiophene rings is 1. The molecule has 3 nitrogen and oxygen atoms in total. The first-order valence-electron chi connectivity index (χ1n) is 8.32. The summed E-state index contributed by atoms with van der Waals surface area (Å²) in [4.78, 5) is 14.2. The Morgan fingerprint density at radius 1 is 1.12 bits per heavy atom. The first-order valence-corrected chi connectivity index (χ1v) is 9.14. The van der Waals surface area contributed by atoms with Crippen LogP contribution in [0.1, 0.15) is 39.4 Å². The third-order valence-electron chi connectivity index (χ3n) is 3.61. The van der Waals surface area contributed by atoms with E-state index in [-0.39, 0.29) is 5.78 Å². The standard InChI is InChI=1S/C21H20O3S/c1-2-6-19-12-14-21(25-19)20(22)13-11-17-9-10-18(24-17)15-23-16-7-4-3-5-8-16/h3-5,7-14H,2,6,15H2,1H3/b13-11+. The van der Waals surface area contributed by atoms with Crippen molar-refractivity contribution >= 4 is 23.2 Å². The summed E-state index contributed by atoms with van der Waals surface area (Å²) in [6.45, 7) is 2.49. The highest BCUT2D eigenvalue weighted by atomic mass is 32.1. The Balaban J connectivity index is 1.56. The van der Waals surface area contributed by atoms with Gasteiger partial charge in [-0.1, -0.05) is 31.5 Å². The number of hydrogen-bond donors (Lipinski definition) is 0. The van der Waals surface area contributed by atoms with Gasteiger partial charge in [-0.25, -0.2) is 0 Å². The number of rotatable bonds is 8. The minimum Gasteiger partial charge on any atom is -0.486 e. The molecule has 128 valence electrons. The average molecular weight is 352 g/mol.